The van der Waals surface area contributed by atoms with Gasteiger partial charge in [-0.05, 0) is 32.0 Å². The fourth-order valence-electron chi connectivity index (χ4n) is 2.18. The highest BCUT2D eigenvalue weighted by molar-refractivity contribution is 7.89. The van der Waals surface area contributed by atoms with E-state index in [1.807, 2.05) is 13.8 Å². The molecule has 1 aliphatic heterocycles. The van der Waals surface area contributed by atoms with Crippen molar-refractivity contribution in [3.05, 3.63) is 29.0 Å². The van der Waals surface area contributed by atoms with Crippen LogP contribution in [0.25, 0.3) is 0 Å². The molecular weight excluding hydrogens is 326 g/mol. The summed E-state index contributed by atoms with van der Waals surface area (Å²) < 4.78 is 40.1. The first-order chi connectivity index (χ1) is 8.84. The minimum atomic E-state index is -3.83. The SMILES string of the molecule is CC1NCCN(S(=O)(=O)c2ccc(Cl)cc2F)C1C.Cl. The Labute approximate surface area is 129 Å². The predicted octanol–water partition coefficient (Wildman–Crippen LogP) is 2.27. The Morgan fingerprint density at radius 1 is 1.40 bits per heavy atom. The fourth-order valence-corrected chi connectivity index (χ4v) is 4.08. The average Bonchev–Trinajstić information content (AvgIpc) is 2.31. The van der Waals surface area contributed by atoms with Crippen LogP contribution in [0, 0.1) is 5.82 Å². The van der Waals surface area contributed by atoms with Crippen LogP contribution < -0.4 is 5.32 Å². The smallest absolute Gasteiger partial charge is 0.246 e. The number of nitrogens with one attached hydrogen (secondary N) is 1. The summed E-state index contributed by atoms with van der Waals surface area (Å²) in [5.41, 5.74) is 0. The molecule has 2 unspecified atom stereocenters. The molecule has 114 valence electrons. The summed E-state index contributed by atoms with van der Waals surface area (Å²) in [6.45, 7) is 4.60. The monoisotopic (exact) mass is 342 g/mol. The lowest BCUT2D eigenvalue weighted by Gasteiger charge is -2.37. The molecule has 1 aromatic carbocycles. The fraction of sp³-hybridized carbons (Fsp3) is 0.500. The summed E-state index contributed by atoms with van der Waals surface area (Å²) in [6.07, 6.45) is 0. The van der Waals surface area contributed by atoms with Gasteiger partial charge in [0, 0.05) is 30.2 Å². The van der Waals surface area contributed by atoms with E-state index in [2.05, 4.69) is 5.32 Å². The van der Waals surface area contributed by atoms with Gasteiger partial charge in [0.1, 0.15) is 10.7 Å². The maximum Gasteiger partial charge on any atom is 0.246 e. The maximum atomic E-state index is 13.8. The van der Waals surface area contributed by atoms with Crippen molar-refractivity contribution in [2.75, 3.05) is 13.1 Å². The zero-order chi connectivity index (χ0) is 14.2. The van der Waals surface area contributed by atoms with Gasteiger partial charge in [-0.3, -0.25) is 0 Å². The van der Waals surface area contributed by atoms with E-state index in [9.17, 15) is 12.8 Å². The summed E-state index contributed by atoms with van der Waals surface area (Å²) >= 11 is 5.65. The molecule has 1 N–H and O–H groups in total. The van der Waals surface area contributed by atoms with E-state index in [-0.39, 0.29) is 34.4 Å². The highest BCUT2D eigenvalue weighted by Crippen LogP contribution is 2.25. The second-order valence-corrected chi connectivity index (χ2v) is 6.97. The van der Waals surface area contributed by atoms with Crippen molar-refractivity contribution in [1.29, 1.82) is 0 Å². The number of nitrogens with zero attached hydrogens (tertiary/aromatic N) is 1. The van der Waals surface area contributed by atoms with Gasteiger partial charge in [-0.1, -0.05) is 11.6 Å². The van der Waals surface area contributed by atoms with Gasteiger partial charge >= 0.3 is 0 Å². The Morgan fingerprint density at radius 3 is 2.65 bits per heavy atom. The Hall–Kier alpha value is -0.400. The molecule has 2 rings (SSSR count). The molecule has 8 heteroatoms. The highest BCUT2D eigenvalue weighted by atomic mass is 35.5. The summed E-state index contributed by atoms with van der Waals surface area (Å²) in [6, 6.07) is 3.41. The molecule has 0 amide bonds. The van der Waals surface area contributed by atoms with Crippen LogP contribution in [0.4, 0.5) is 4.39 Å². The van der Waals surface area contributed by atoms with Gasteiger partial charge in [0.15, 0.2) is 0 Å². The third-order valence-electron chi connectivity index (χ3n) is 3.46. The van der Waals surface area contributed by atoms with E-state index in [1.54, 1.807) is 0 Å². The highest BCUT2D eigenvalue weighted by Gasteiger charge is 2.35. The second-order valence-electron chi connectivity index (χ2n) is 4.67. The normalized spacial score (nSPS) is 24.2. The summed E-state index contributed by atoms with van der Waals surface area (Å²) in [5.74, 6) is -0.814. The number of sulfonamides is 1. The first-order valence-electron chi connectivity index (χ1n) is 6.04. The van der Waals surface area contributed by atoms with Crippen molar-refractivity contribution in [1.82, 2.24) is 9.62 Å². The van der Waals surface area contributed by atoms with E-state index in [4.69, 9.17) is 11.6 Å². The Morgan fingerprint density at radius 2 is 2.05 bits per heavy atom. The number of halogens is 3. The number of piperazine rings is 1. The molecular formula is C12H17Cl2FN2O2S. The number of benzene rings is 1. The Kier molecular flexibility index (Phi) is 5.80. The van der Waals surface area contributed by atoms with Gasteiger partial charge in [-0.15, -0.1) is 12.4 Å². The van der Waals surface area contributed by atoms with Crippen molar-refractivity contribution in [2.24, 2.45) is 0 Å². The van der Waals surface area contributed by atoms with Gasteiger partial charge in [0.2, 0.25) is 10.0 Å². The van der Waals surface area contributed by atoms with Crippen molar-refractivity contribution < 1.29 is 12.8 Å². The van der Waals surface area contributed by atoms with E-state index in [0.717, 1.165) is 6.07 Å². The molecule has 2 atom stereocenters. The molecule has 1 heterocycles. The van der Waals surface area contributed by atoms with Crippen LogP contribution >= 0.6 is 24.0 Å². The molecule has 0 spiro atoms. The van der Waals surface area contributed by atoms with Crippen LogP contribution in [0.5, 0.6) is 0 Å². The first kappa shape index (κ1) is 17.7. The van der Waals surface area contributed by atoms with Crippen LogP contribution in [-0.4, -0.2) is 37.9 Å². The van der Waals surface area contributed by atoms with Crippen LogP contribution in [0.1, 0.15) is 13.8 Å². The van der Waals surface area contributed by atoms with Crippen LogP contribution in [0.2, 0.25) is 5.02 Å². The molecule has 4 nitrogen and oxygen atoms in total. The predicted molar refractivity (Wildman–Crippen MR) is 79.5 cm³/mol. The van der Waals surface area contributed by atoms with E-state index in [1.165, 1.54) is 16.4 Å². The summed E-state index contributed by atoms with van der Waals surface area (Å²) in [4.78, 5) is -0.321. The van der Waals surface area contributed by atoms with Gasteiger partial charge in [-0.2, -0.15) is 4.31 Å². The molecule has 1 saturated heterocycles. The number of hydrogen-bond donors (Lipinski definition) is 1. The van der Waals surface area contributed by atoms with Gasteiger partial charge in [0.25, 0.3) is 0 Å². The molecule has 20 heavy (non-hydrogen) atoms. The average molecular weight is 343 g/mol. The van der Waals surface area contributed by atoms with Crippen LogP contribution in [0.15, 0.2) is 23.1 Å². The minimum Gasteiger partial charge on any atom is -0.311 e. The Balaban J connectivity index is 0.00000200. The molecule has 0 radical (unpaired) electrons. The van der Waals surface area contributed by atoms with Crippen LogP contribution in [-0.2, 0) is 10.0 Å². The summed E-state index contributed by atoms with van der Waals surface area (Å²) in [5, 5.41) is 3.37. The molecule has 0 aliphatic carbocycles. The lowest BCUT2D eigenvalue weighted by molar-refractivity contribution is 0.232. The van der Waals surface area contributed by atoms with Crippen molar-refractivity contribution in [3.8, 4) is 0 Å². The van der Waals surface area contributed by atoms with Gasteiger partial charge in [-0.25, -0.2) is 12.8 Å². The third-order valence-corrected chi connectivity index (χ3v) is 5.71. The second kappa shape index (κ2) is 6.58. The van der Waals surface area contributed by atoms with E-state index in [0.29, 0.717) is 13.1 Å². The standard InChI is InChI=1S/C12H16ClFN2O2S.ClH/c1-8-9(2)16(6-5-15-8)19(17,18)12-4-3-10(13)7-11(12)14;/h3-4,7-9,15H,5-6H2,1-2H3;1H. The molecule has 1 aliphatic rings. The topological polar surface area (TPSA) is 49.4 Å². The van der Waals surface area contributed by atoms with Crippen molar-refractivity contribution >= 4 is 34.0 Å². The third kappa shape index (κ3) is 3.26. The first-order valence-corrected chi connectivity index (χ1v) is 7.86. The van der Waals surface area contributed by atoms with E-state index < -0.39 is 15.8 Å². The van der Waals surface area contributed by atoms with E-state index >= 15 is 0 Å². The van der Waals surface area contributed by atoms with Gasteiger partial charge < -0.3 is 5.32 Å². The summed E-state index contributed by atoms with van der Waals surface area (Å²) in [7, 11) is -3.83. The lowest BCUT2D eigenvalue weighted by atomic mass is 10.1. The zero-order valence-electron chi connectivity index (χ0n) is 11.1. The zero-order valence-corrected chi connectivity index (χ0v) is 13.5. The van der Waals surface area contributed by atoms with Crippen molar-refractivity contribution in [2.45, 2.75) is 30.8 Å². The number of rotatable bonds is 2. The molecule has 0 bridgehead atoms. The molecule has 0 saturated carbocycles. The largest absolute Gasteiger partial charge is 0.311 e. The molecule has 1 aromatic rings. The lowest BCUT2D eigenvalue weighted by Crippen LogP contribution is -2.57. The minimum absolute atomic E-state index is 0. The molecule has 0 aromatic heterocycles. The Bertz CT molecular complexity index is 583. The number of hydrogen-bond acceptors (Lipinski definition) is 3. The quantitative estimate of drug-likeness (QED) is 0.896. The van der Waals surface area contributed by atoms with Crippen molar-refractivity contribution in [3.63, 3.8) is 0 Å². The molecule has 1 fully saturated rings. The maximum absolute atomic E-state index is 13.8. The van der Waals surface area contributed by atoms with Gasteiger partial charge in [0.05, 0.1) is 0 Å². The van der Waals surface area contributed by atoms with Crippen LogP contribution in [0.3, 0.4) is 0 Å².